The predicted molar refractivity (Wildman–Crippen MR) is 88.2 cm³/mol. The van der Waals surface area contributed by atoms with E-state index in [0.29, 0.717) is 18.7 Å². The molecule has 2 aromatic rings. The molecule has 0 aromatic heterocycles. The molecule has 0 saturated carbocycles. The maximum absolute atomic E-state index is 9.90. The Balaban J connectivity index is 1.56. The summed E-state index contributed by atoms with van der Waals surface area (Å²) in [5.41, 5.74) is 2.77. The number of nitrogens with zero attached hydrogens (tertiary/aromatic N) is 1. The Labute approximate surface area is 136 Å². The van der Waals surface area contributed by atoms with Gasteiger partial charge in [0.25, 0.3) is 0 Å². The molecule has 3 rings (SSSR count). The summed E-state index contributed by atoms with van der Waals surface area (Å²) in [7, 11) is 0. The average Bonchev–Trinajstić information content (AvgIpc) is 2.99. The van der Waals surface area contributed by atoms with Crippen molar-refractivity contribution in [3.8, 4) is 11.8 Å². The van der Waals surface area contributed by atoms with Crippen LogP contribution in [0.15, 0.2) is 48.5 Å². The van der Waals surface area contributed by atoms with Crippen LogP contribution in [0.3, 0.4) is 0 Å². The maximum Gasteiger partial charge on any atom is 0.119 e. The van der Waals surface area contributed by atoms with Gasteiger partial charge in [-0.2, -0.15) is 5.26 Å². The van der Waals surface area contributed by atoms with Crippen LogP contribution in [0.5, 0.6) is 5.75 Å². The number of aryl methyl sites for hydroxylation is 1. The lowest BCUT2D eigenvalue weighted by molar-refractivity contribution is 0.153. The predicted octanol–water partition coefficient (Wildman–Crippen LogP) is 2.36. The van der Waals surface area contributed by atoms with E-state index in [9.17, 15) is 5.11 Å². The van der Waals surface area contributed by atoms with E-state index in [0.717, 1.165) is 18.6 Å². The lowest BCUT2D eigenvalue weighted by Gasteiger charge is -2.29. The zero-order chi connectivity index (χ0) is 16.1. The normalized spacial score (nSPS) is 19.1. The first-order chi connectivity index (χ1) is 11.3. The number of ether oxygens (including phenoxy) is 1. The van der Waals surface area contributed by atoms with Crippen LogP contribution in [0.1, 0.15) is 23.1 Å². The third-order valence-electron chi connectivity index (χ3n) is 4.44. The summed E-state index contributed by atoms with van der Waals surface area (Å²) in [6.07, 6.45) is 1.89. The van der Waals surface area contributed by atoms with Crippen molar-refractivity contribution in [2.45, 2.75) is 18.4 Å². The second-order valence-corrected chi connectivity index (χ2v) is 5.81. The third-order valence-corrected chi connectivity index (χ3v) is 4.44. The maximum atomic E-state index is 9.90. The molecule has 0 aliphatic heterocycles. The molecule has 4 heteroatoms. The van der Waals surface area contributed by atoms with Gasteiger partial charge < -0.3 is 15.2 Å². The van der Waals surface area contributed by atoms with E-state index in [2.05, 4.69) is 23.5 Å². The fourth-order valence-corrected chi connectivity index (χ4v) is 3.18. The number of nitriles is 1. The molecule has 1 aliphatic carbocycles. The van der Waals surface area contributed by atoms with Crippen LogP contribution in [-0.4, -0.2) is 24.9 Å². The minimum atomic E-state index is -0.357. The monoisotopic (exact) mass is 308 g/mol. The van der Waals surface area contributed by atoms with Crippen LogP contribution >= 0.6 is 0 Å². The summed E-state index contributed by atoms with van der Waals surface area (Å²) in [6.45, 7) is 1.24. The molecule has 2 aromatic carbocycles. The van der Waals surface area contributed by atoms with Crippen molar-refractivity contribution in [3.63, 3.8) is 0 Å². The quantitative estimate of drug-likeness (QED) is 0.804. The molecule has 0 bridgehead atoms. The number of aliphatic hydroxyl groups excluding tert-OH is 1. The molecule has 0 radical (unpaired) electrons. The highest BCUT2D eigenvalue weighted by atomic mass is 16.5. The summed E-state index contributed by atoms with van der Waals surface area (Å²) in [5.74, 6) is 0.746. The molecule has 0 fully saturated rings. The molecule has 1 unspecified atom stereocenters. The average molecular weight is 308 g/mol. The second kappa shape index (κ2) is 6.82. The number of hydrogen-bond donors (Lipinski definition) is 2. The Kier molecular flexibility index (Phi) is 4.61. The number of fused-ring (bicyclic) bond motifs is 1. The Bertz CT molecular complexity index is 706. The highest BCUT2D eigenvalue weighted by molar-refractivity contribution is 5.39. The first-order valence-corrected chi connectivity index (χ1v) is 7.85. The summed E-state index contributed by atoms with van der Waals surface area (Å²) < 4.78 is 5.69. The highest BCUT2D eigenvalue weighted by Crippen LogP contribution is 2.36. The van der Waals surface area contributed by atoms with Gasteiger partial charge in [0.1, 0.15) is 12.4 Å². The number of nitrogens with one attached hydrogen (secondary N) is 1. The van der Waals surface area contributed by atoms with Gasteiger partial charge in [-0.25, -0.2) is 0 Å². The minimum Gasteiger partial charge on any atom is -0.492 e. The van der Waals surface area contributed by atoms with Gasteiger partial charge in [0.15, 0.2) is 0 Å². The largest absolute Gasteiger partial charge is 0.492 e. The van der Waals surface area contributed by atoms with Crippen molar-refractivity contribution < 1.29 is 9.84 Å². The van der Waals surface area contributed by atoms with Crippen molar-refractivity contribution >= 4 is 0 Å². The molecule has 118 valence electrons. The first-order valence-electron chi connectivity index (χ1n) is 7.85. The molecule has 1 aliphatic rings. The second-order valence-electron chi connectivity index (χ2n) is 5.81. The third kappa shape index (κ3) is 3.21. The highest BCUT2D eigenvalue weighted by Gasteiger charge is 2.37. The smallest absolute Gasteiger partial charge is 0.119 e. The number of aliphatic hydroxyl groups is 1. The molecule has 23 heavy (non-hydrogen) atoms. The van der Waals surface area contributed by atoms with E-state index in [4.69, 9.17) is 10.00 Å². The summed E-state index contributed by atoms with van der Waals surface area (Å²) >= 11 is 0. The Morgan fingerprint density at radius 2 is 1.96 bits per heavy atom. The van der Waals surface area contributed by atoms with E-state index < -0.39 is 0 Å². The lowest BCUT2D eigenvalue weighted by Crippen LogP contribution is -2.45. The number of benzene rings is 2. The van der Waals surface area contributed by atoms with Gasteiger partial charge >= 0.3 is 0 Å². The van der Waals surface area contributed by atoms with Crippen LogP contribution in [0.2, 0.25) is 0 Å². The van der Waals surface area contributed by atoms with Gasteiger partial charge in [0.2, 0.25) is 0 Å². The van der Waals surface area contributed by atoms with Gasteiger partial charge in [-0.1, -0.05) is 24.3 Å². The molecule has 1 atom stereocenters. The number of hydrogen-bond acceptors (Lipinski definition) is 4. The lowest BCUT2D eigenvalue weighted by atomic mass is 9.93. The van der Waals surface area contributed by atoms with E-state index >= 15 is 0 Å². The summed E-state index contributed by atoms with van der Waals surface area (Å²) in [4.78, 5) is 0. The standard InChI is InChI=1S/C19H20N2O2/c20-13-15-5-7-17(8-6-15)23-12-11-21-19(14-22)10-9-16-3-1-2-4-18(16)19/h1-8,21-22H,9-12,14H2. The van der Waals surface area contributed by atoms with Crippen molar-refractivity contribution in [3.05, 3.63) is 65.2 Å². The minimum absolute atomic E-state index is 0.0842. The van der Waals surface area contributed by atoms with Gasteiger partial charge in [-0.15, -0.1) is 0 Å². The molecule has 0 saturated heterocycles. The van der Waals surface area contributed by atoms with Crippen LogP contribution in [0, 0.1) is 11.3 Å². The van der Waals surface area contributed by atoms with Gasteiger partial charge in [0, 0.05) is 6.54 Å². The summed E-state index contributed by atoms with van der Waals surface area (Å²) in [6, 6.07) is 17.4. The van der Waals surface area contributed by atoms with Crippen molar-refractivity contribution in [2.75, 3.05) is 19.8 Å². The molecular weight excluding hydrogens is 288 g/mol. The Morgan fingerprint density at radius 3 is 2.70 bits per heavy atom. The Hall–Kier alpha value is -2.35. The van der Waals surface area contributed by atoms with Crippen LogP contribution in [-0.2, 0) is 12.0 Å². The molecule has 2 N–H and O–H groups in total. The van der Waals surface area contributed by atoms with Gasteiger partial charge in [-0.05, 0) is 48.2 Å². The Morgan fingerprint density at radius 1 is 1.17 bits per heavy atom. The van der Waals surface area contributed by atoms with Crippen LogP contribution < -0.4 is 10.1 Å². The van der Waals surface area contributed by atoms with Crippen LogP contribution in [0.4, 0.5) is 0 Å². The van der Waals surface area contributed by atoms with E-state index in [1.165, 1.54) is 11.1 Å². The topological polar surface area (TPSA) is 65.3 Å². The fourth-order valence-electron chi connectivity index (χ4n) is 3.18. The molecule has 0 heterocycles. The van der Waals surface area contributed by atoms with Crippen molar-refractivity contribution in [2.24, 2.45) is 0 Å². The van der Waals surface area contributed by atoms with E-state index in [1.807, 2.05) is 12.1 Å². The fraction of sp³-hybridized carbons (Fsp3) is 0.316. The van der Waals surface area contributed by atoms with Crippen molar-refractivity contribution in [1.29, 1.82) is 5.26 Å². The molecular formula is C19H20N2O2. The summed E-state index contributed by atoms with van der Waals surface area (Å²) in [5, 5.41) is 22.1. The first kappa shape index (κ1) is 15.5. The number of rotatable bonds is 6. The van der Waals surface area contributed by atoms with Crippen LogP contribution in [0.25, 0.3) is 0 Å². The SMILES string of the molecule is N#Cc1ccc(OCCNC2(CO)CCc3ccccc32)cc1. The zero-order valence-corrected chi connectivity index (χ0v) is 13.0. The van der Waals surface area contributed by atoms with E-state index in [1.54, 1.807) is 24.3 Å². The zero-order valence-electron chi connectivity index (χ0n) is 13.0. The van der Waals surface area contributed by atoms with Gasteiger partial charge in [0.05, 0.1) is 23.8 Å². The van der Waals surface area contributed by atoms with Crippen molar-refractivity contribution in [1.82, 2.24) is 5.32 Å². The molecule has 0 amide bonds. The van der Waals surface area contributed by atoms with E-state index in [-0.39, 0.29) is 12.1 Å². The molecule has 0 spiro atoms. The van der Waals surface area contributed by atoms with Gasteiger partial charge in [-0.3, -0.25) is 0 Å². The molecule has 4 nitrogen and oxygen atoms in total.